The lowest BCUT2D eigenvalue weighted by Crippen LogP contribution is -2.47. The molecule has 13 heteroatoms. The fourth-order valence-corrected chi connectivity index (χ4v) is 5.10. The lowest BCUT2D eigenvalue weighted by molar-refractivity contribution is 0.0118. The van der Waals surface area contributed by atoms with E-state index in [9.17, 15) is 32.3 Å². The Balaban J connectivity index is 1.75. The molecule has 2 fully saturated rings. The Bertz CT molecular complexity index is 1210. The monoisotopic (exact) mass is 557 g/mol. The van der Waals surface area contributed by atoms with Gasteiger partial charge in [-0.15, -0.1) is 11.3 Å². The number of pyridine rings is 1. The van der Waals surface area contributed by atoms with E-state index in [1.165, 1.54) is 33.0 Å². The van der Waals surface area contributed by atoms with Gasteiger partial charge in [-0.25, -0.2) is 27.5 Å². The number of aliphatic hydroxyl groups is 1. The van der Waals surface area contributed by atoms with Gasteiger partial charge in [0.1, 0.15) is 11.5 Å². The SMILES string of the molecule is CC1CC(F)(F)CN1C(=O)c1nc(C(=O)NC(C)C(C)(C)O)sc1-c1cnc(NCC2CC2)cc1C(F)F. The van der Waals surface area contributed by atoms with Gasteiger partial charge in [0.25, 0.3) is 24.2 Å². The third kappa shape index (κ3) is 6.25. The molecule has 8 nitrogen and oxygen atoms in total. The van der Waals surface area contributed by atoms with Crippen LogP contribution in [0.1, 0.15) is 79.2 Å². The fraction of sp³-hybridized carbons (Fsp3) is 0.600. The van der Waals surface area contributed by atoms with Crippen molar-refractivity contribution in [1.29, 1.82) is 0 Å². The summed E-state index contributed by atoms with van der Waals surface area (Å²) in [5.74, 6) is -3.99. The minimum Gasteiger partial charge on any atom is -0.388 e. The van der Waals surface area contributed by atoms with E-state index in [4.69, 9.17) is 0 Å². The molecule has 4 rings (SSSR count). The largest absolute Gasteiger partial charge is 0.388 e. The van der Waals surface area contributed by atoms with E-state index >= 15 is 0 Å². The number of likely N-dealkylation sites (tertiary alicyclic amines) is 1. The summed E-state index contributed by atoms with van der Waals surface area (Å²) >= 11 is 0.694. The number of hydrogen-bond acceptors (Lipinski definition) is 7. The maximum absolute atomic E-state index is 14.2. The normalized spacial score (nSPS) is 20.1. The first-order valence-electron chi connectivity index (χ1n) is 12.4. The van der Waals surface area contributed by atoms with E-state index in [0.29, 0.717) is 23.8 Å². The van der Waals surface area contributed by atoms with Crippen molar-refractivity contribution in [3.8, 4) is 10.4 Å². The standard InChI is InChI=1S/C25H31F4N5O3S/c1-12-8-25(28,29)11-34(12)23(36)18-19(38-22(33-18)21(35)32-13(2)24(3,4)37)16-10-31-17(7-15(16)20(26)27)30-9-14-5-6-14/h7,10,12-14,20,37H,5-6,8-9,11H2,1-4H3,(H,30,31)(H,32,35). The van der Waals surface area contributed by atoms with E-state index in [1.807, 2.05) is 0 Å². The summed E-state index contributed by atoms with van der Waals surface area (Å²) in [5, 5.41) is 15.6. The Hall–Kier alpha value is -2.80. The third-order valence-electron chi connectivity index (χ3n) is 6.90. The van der Waals surface area contributed by atoms with Gasteiger partial charge in [-0.2, -0.15) is 0 Å². The first-order chi connectivity index (χ1) is 17.7. The van der Waals surface area contributed by atoms with Crippen LogP contribution in [-0.4, -0.2) is 68.5 Å². The van der Waals surface area contributed by atoms with E-state index in [0.717, 1.165) is 17.7 Å². The average Bonchev–Trinajstić information content (AvgIpc) is 3.47. The van der Waals surface area contributed by atoms with Crippen LogP contribution in [-0.2, 0) is 0 Å². The summed E-state index contributed by atoms with van der Waals surface area (Å²) in [6, 6.07) is -0.339. The highest BCUT2D eigenvalue weighted by molar-refractivity contribution is 7.17. The van der Waals surface area contributed by atoms with Crippen molar-refractivity contribution in [2.45, 2.75) is 77.0 Å². The summed E-state index contributed by atoms with van der Waals surface area (Å²) in [5.41, 5.74) is -2.18. The number of halogens is 4. The Kier molecular flexibility index (Phi) is 7.72. The number of nitrogens with one attached hydrogen (secondary N) is 2. The van der Waals surface area contributed by atoms with Gasteiger partial charge in [-0.05, 0) is 52.5 Å². The highest BCUT2D eigenvalue weighted by Crippen LogP contribution is 2.40. The number of carbonyl (C=O) groups excluding carboxylic acids is 2. The number of alkyl halides is 4. The van der Waals surface area contributed by atoms with Crippen molar-refractivity contribution in [1.82, 2.24) is 20.2 Å². The molecule has 2 aliphatic rings. The van der Waals surface area contributed by atoms with Crippen LogP contribution in [0.2, 0.25) is 0 Å². The van der Waals surface area contributed by atoms with Crippen molar-refractivity contribution < 1.29 is 32.3 Å². The van der Waals surface area contributed by atoms with Crippen molar-refractivity contribution in [2.75, 3.05) is 18.4 Å². The second kappa shape index (κ2) is 10.4. The Morgan fingerprint density at radius 3 is 2.55 bits per heavy atom. The zero-order valence-electron chi connectivity index (χ0n) is 21.5. The van der Waals surface area contributed by atoms with Gasteiger partial charge in [0, 0.05) is 36.3 Å². The van der Waals surface area contributed by atoms with E-state index in [-0.39, 0.29) is 27.0 Å². The Labute approximate surface area is 221 Å². The molecule has 2 aromatic heterocycles. The molecular weight excluding hydrogens is 526 g/mol. The summed E-state index contributed by atoms with van der Waals surface area (Å²) < 4.78 is 56.5. The van der Waals surface area contributed by atoms with E-state index in [1.54, 1.807) is 6.92 Å². The topological polar surface area (TPSA) is 107 Å². The van der Waals surface area contributed by atoms with Gasteiger partial charge < -0.3 is 20.6 Å². The molecule has 2 amide bonds. The maximum atomic E-state index is 14.2. The number of hydrogen-bond donors (Lipinski definition) is 3. The molecule has 0 bridgehead atoms. The Morgan fingerprint density at radius 1 is 1.32 bits per heavy atom. The maximum Gasteiger partial charge on any atom is 0.280 e. The molecule has 0 aromatic carbocycles. The zero-order valence-corrected chi connectivity index (χ0v) is 22.3. The molecule has 1 saturated carbocycles. The number of nitrogens with zero attached hydrogens (tertiary/aromatic N) is 3. The second-order valence-corrected chi connectivity index (χ2v) is 11.7. The lowest BCUT2D eigenvalue weighted by Gasteiger charge is -2.26. The van der Waals surface area contributed by atoms with Gasteiger partial charge in [0.2, 0.25) is 0 Å². The first kappa shape index (κ1) is 28.2. The highest BCUT2D eigenvalue weighted by Gasteiger charge is 2.46. The number of anilines is 1. The molecule has 38 heavy (non-hydrogen) atoms. The molecule has 0 radical (unpaired) electrons. The number of amides is 2. The van der Waals surface area contributed by atoms with Crippen LogP contribution in [0.15, 0.2) is 12.3 Å². The number of rotatable bonds is 9. The van der Waals surface area contributed by atoms with Crippen LogP contribution in [0.3, 0.4) is 0 Å². The van der Waals surface area contributed by atoms with Crippen LogP contribution in [0.25, 0.3) is 10.4 Å². The molecular formula is C25H31F4N5O3S. The van der Waals surface area contributed by atoms with Crippen LogP contribution >= 0.6 is 11.3 Å². The lowest BCUT2D eigenvalue weighted by atomic mass is 10.0. The molecule has 0 spiro atoms. The molecule has 1 aliphatic heterocycles. The van der Waals surface area contributed by atoms with Gasteiger partial charge in [-0.1, -0.05) is 0 Å². The molecule has 1 saturated heterocycles. The zero-order chi connectivity index (χ0) is 28.0. The highest BCUT2D eigenvalue weighted by atomic mass is 32.1. The van der Waals surface area contributed by atoms with Gasteiger partial charge in [0.15, 0.2) is 5.01 Å². The van der Waals surface area contributed by atoms with Gasteiger partial charge in [0.05, 0.1) is 23.1 Å². The molecule has 3 N–H and O–H groups in total. The van der Waals surface area contributed by atoms with Crippen molar-refractivity contribution >= 4 is 29.0 Å². The summed E-state index contributed by atoms with van der Waals surface area (Å²) in [7, 11) is 0. The van der Waals surface area contributed by atoms with Gasteiger partial charge >= 0.3 is 0 Å². The summed E-state index contributed by atoms with van der Waals surface area (Å²) in [4.78, 5) is 35.6. The molecule has 3 heterocycles. The molecule has 1 aliphatic carbocycles. The third-order valence-corrected chi connectivity index (χ3v) is 7.99. The summed E-state index contributed by atoms with van der Waals surface area (Å²) in [6.07, 6.45) is -0.181. The smallest absolute Gasteiger partial charge is 0.280 e. The molecule has 2 atom stereocenters. The van der Waals surface area contributed by atoms with E-state index in [2.05, 4.69) is 20.6 Å². The minimum absolute atomic E-state index is 0.0602. The van der Waals surface area contributed by atoms with E-state index < -0.39 is 60.4 Å². The van der Waals surface area contributed by atoms with Crippen molar-refractivity contribution in [2.24, 2.45) is 5.92 Å². The predicted molar refractivity (Wildman–Crippen MR) is 135 cm³/mol. The van der Waals surface area contributed by atoms with Crippen molar-refractivity contribution in [3.63, 3.8) is 0 Å². The van der Waals surface area contributed by atoms with Crippen LogP contribution < -0.4 is 10.6 Å². The minimum atomic E-state index is -3.10. The molecule has 208 valence electrons. The number of aromatic nitrogens is 2. The number of carbonyl (C=O) groups is 2. The quantitative estimate of drug-likeness (QED) is 0.385. The fourth-order valence-electron chi connectivity index (χ4n) is 4.11. The Morgan fingerprint density at radius 2 is 2.00 bits per heavy atom. The molecule has 2 aromatic rings. The van der Waals surface area contributed by atoms with Crippen molar-refractivity contribution in [3.05, 3.63) is 28.5 Å². The second-order valence-electron chi connectivity index (χ2n) is 10.7. The average molecular weight is 558 g/mol. The van der Waals surface area contributed by atoms with Crippen LogP contribution in [0, 0.1) is 5.92 Å². The molecule has 2 unspecified atom stereocenters. The number of thiazole rings is 1. The van der Waals surface area contributed by atoms with Gasteiger partial charge in [-0.3, -0.25) is 9.59 Å². The van der Waals surface area contributed by atoms with Crippen LogP contribution in [0.5, 0.6) is 0 Å². The summed E-state index contributed by atoms with van der Waals surface area (Å²) in [6.45, 7) is 5.78. The predicted octanol–water partition coefficient (Wildman–Crippen LogP) is 4.72. The first-order valence-corrected chi connectivity index (χ1v) is 13.2. The van der Waals surface area contributed by atoms with Crippen LogP contribution in [0.4, 0.5) is 23.4 Å².